The topological polar surface area (TPSA) is 92.9 Å². The zero-order valence-electron chi connectivity index (χ0n) is 10.1. The number of nitrogens with zero attached hydrogens (tertiary/aromatic N) is 4. The molecule has 0 spiro atoms. The van der Waals surface area contributed by atoms with Crippen molar-refractivity contribution in [1.29, 1.82) is 0 Å². The van der Waals surface area contributed by atoms with E-state index in [0.29, 0.717) is 5.69 Å². The van der Waals surface area contributed by atoms with Gasteiger partial charge in [-0.1, -0.05) is 0 Å². The molecule has 2 N–H and O–H groups in total. The van der Waals surface area contributed by atoms with E-state index in [2.05, 4.69) is 20.7 Å². The predicted molar refractivity (Wildman–Crippen MR) is 63.1 cm³/mol. The smallest absolute Gasteiger partial charge is 0.293 e. The Bertz CT molecular complexity index is 567. The average molecular weight is 265 g/mol. The van der Waals surface area contributed by atoms with E-state index < -0.39 is 12.0 Å². The van der Waals surface area contributed by atoms with E-state index in [1.165, 1.54) is 24.3 Å². The average Bonchev–Trinajstić information content (AvgIpc) is 2.86. The summed E-state index contributed by atoms with van der Waals surface area (Å²) in [4.78, 5) is 12.7. The van der Waals surface area contributed by atoms with Gasteiger partial charge in [0.1, 0.15) is 5.82 Å². The predicted octanol–water partition coefficient (Wildman–Crippen LogP) is -0.0880. The van der Waals surface area contributed by atoms with Gasteiger partial charge < -0.3 is 10.4 Å². The number of hydrogen-bond acceptors (Lipinski definition) is 5. The number of carbonyl (C=O) groups is 1. The fourth-order valence-corrected chi connectivity index (χ4v) is 1.31. The highest BCUT2D eigenvalue weighted by molar-refractivity contribution is 5.90. The first-order valence-electron chi connectivity index (χ1n) is 5.58. The molecule has 1 aromatic carbocycles. The molecule has 1 heterocycles. The number of aliphatic hydroxyl groups is 1. The second kappa shape index (κ2) is 5.53. The van der Waals surface area contributed by atoms with Gasteiger partial charge in [0, 0.05) is 6.54 Å². The fraction of sp³-hybridized carbons (Fsp3) is 0.273. The Balaban J connectivity index is 2.10. The number of nitrogens with one attached hydrogen (secondary N) is 1. The Kier molecular flexibility index (Phi) is 3.81. The van der Waals surface area contributed by atoms with E-state index in [9.17, 15) is 9.18 Å². The van der Waals surface area contributed by atoms with Gasteiger partial charge in [-0.3, -0.25) is 4.79 Å². The van der Waals surface area contributed by atoms with E-state index in [1.807, 2.05) is 0 Å². The van der Waals surface area contributed by atoms with Crippen LogP contribution in [0.4, 0.5) is 4.39 Å². The third kappa shape index (κ3) is 3.32. The van der Waals surface area contributed by atoms with Crippen molar-refractivity contribution < 1.29 is 14.3 Å². The molecule has 0 unspecified atom stereocenters. The summed E-state index contributed by atoms with van der Waals surface area (Å²) >= 11 is 0. The van der Waals surface area contributed by atoms with E-state index >= 15 is 0 Å². The highest BCUT2D eigenvalue weighted by Crippen LogP contribution is 2.05. The SMILES string of the molecule is C[C@@H](O)CNC(=O)c1nnn(-c2ccc(F)cc2)n1. The molecular weight excluding hydrogens is 253 g/mol. The van der Waals surface area contributed by atoms with Crippen molar-refractivity contribution >= 4 is 5.91 Å². The molecule has 0 bridgehead atoms. The number of carbonyl (C=O) groups excluding carboxylic acids is 1. The highest BCUT2D eigenvalue weighted by Gasteiger charge is 2.13. The number of tetrazole rings is 1. The van der Waals surface area contributed by atoms with Gasteiger partial charge >= 0.3 is 0 Å². The highest BCUT2D eigenvalue weighted by atomic mass is 19.1. The van der Waals surface area contributed by atoms with Crippen molar-refractivity contribution in [2.75, 3.05) is 6.54 Å². The lowest BCUT2D eigenvalue weighted by Crippen LogP contribution is -2.31. The third-order valence-electron chi connectivity index (χ3n) is 2.23. The van der Waals surface area contributed by atoms with Gasteiger partial charge in [-0.05, 0) is 36.4 Å². The number of rotatable bonds is 4. The van der Waals surface area contributed by atoms with Gasteiger partial charge in [-0.25, -0.2) is 4.39 Å². The standard InChI is InChI=1S/C11H12FN5O2/c1-7(18)6-13-11(19)10-14-16-17(15-10)9-4-2-8(12)3-5-9/h2-5,7,18H,6H2,1H3,(H,13,19)/t7-/m1/s1. The zero-order valence-corrected chi connectivity index (χ0v) is 10.1. The molecule has 0 fully saturated rings. The number of aliphatic hydroxyl groups excluding tert-OH is 1. The molecule has 0 saturated heterocycles. The van der Waals surface area contributed by atoms with E-state index in [-0.39, 0.29) is 18.2 Å². The minimum Gasteiger partial charge on any atom is -0.392 e. The Morgan fingerprint density at radius 3 is 2.79 bits per heavy atom. The molecule has 0 radical (unpaired) electrons. The van der Waals surface area contributed by atoms with Crippen molar-refractivity contribution in [3.05, 3.63) is 35.9 Å². The monoisotopic (exact) mass is 265 g/mol. The number of hydrogen-bond donors (Lipinski definition) is 2. The first kappa shape index (κ1) is 13.1. The minimum atomic E-state index is -0.656. The molecule has 0 saturated carbocycles. The van der Waals surface area contributed by atoms with Crippen LogP contribution in [0.25, 0.3) is 5.69 Å². The molecule has 1 atom stereocenters. The van der Waals surface area contributed by atoms with Crippen molar-refractivity contribution in [1.82, 2.24) is 25.5 Å². The Hall–Kier alpha value is -2.35. The maximum absolute atomic E-state index is 12.8. The fourth-order valence-electron chi connectivity index (χ4n) is 1.31. The van der Waals surface area contributed by atoms with Crippen molar-refractivity contribution in [3.63, 3.8) is 0 Å². The van der Waals surface area contributed by atoms with Gasteiger partial charge in [-0.2, -0.15) is 0 Å². The van der Waals surface area contributed by atoms with E-state index in [1.54, 1.807) is 6.92 Å². The van der Waals surface area contributed by atoms with Crippen LogP contribution < -0.4 is 5.32 Å². The maximum atomic E-state index is 12.8. The summed E-state index contributed by atoms with van der Waals surface area (Å²) in [6.45, 7) is 1.65. The molecule has 2 aromatic rings. The van der Waals surface area contributed by atoms with Crippen LogP contribution in [-0.4, -0.2) is 43.9 Å². The second-order valence-corrected chi connectivity index (χ2v) is 3.94. The van der Waals surface area contributed by atoms with E-state index in [4.69, 9.17) is 5.11 Å². The molecule has 7 nitrogen and oxygen atoms in total. The van der Waals surface area contributed by atoms with Crippen LogP contribution in [0.15, 0.2) is 24.3 Å². The van der Waals surface area contributed by atoms with Crippen LogP contribution in [0.5, 0.6) is 0 Å². The van der Waals surface area contributed by atoms with Crippen LogP contribution in [0.1, 0.15) is 17.5 Å². The van der Waals surface area contributed by atoms with Crippen LogP contribution in [0.3, 0.4) is 0 Å². The Labute approximate surface area is 108 Å². The largest absolute Gasteiger partial charge is 0.392 e. The molecule has 0 aliphatic heterocycles. The number of benzene rings is 1. The molecule has 100 valence electrons. The molecule has 1 aromatic heterocycles. The summed E-state index contributed by atoms with van der Waals surface area (Å²) in [5.74, 6) is -1.03. The molecule has 0 aliphatic carbocycles. The van der Waals surface area contributed by atoms with Crippen LogP contribution in [0.2, 0.25) is 0 Å². The summed E-state index contributed by atoms with van der Waals surface area (Å²) < 4.78 is 12.8. The Morgan fingerprint density at radius 2 is 2.16 bits per heavy atom. The summed E-state index contributed by atoms with van der Waals surface area (Å²) in [5.41, 5.74) is 0.489. The third-order valence-corrected chi connectivity index (χ3v) is 2.23. The summed E-state index contributed by atoms with van der Waals surface area (Å²) in [6, 6.07) is 5.45. The van der Waals surface area contributed by atoms with Crippen molar-refractivity contribution in [3.8, 4) is 5.69 Å². The molecule has 0 aliphatic rings. The number of aromatic nitrogens is 4. The van der Waals surface area contributed by atoms with E-state index in [0.717, 1.165) is 4.80 Å². The van der Waals surface area contributed by atoms with Crippen molar-refractivity contribution in [2.24, 2.45) is 0 Å². The second-order valence-electron chi connectivity index (χ2n) is 3.94. The molecular formula is C11H12FN5O2. The van der Waals surface area contributed by atoms with Crippen LogP contribution in [-0.2, 0) is 0 Å². The summed E-state index contributed by atoms with van der Waals surface area (Å²) in [7, 11) is 0. The van der Waals surface area contributed by atoms with Gasteiger partial charge in [0.05, 0.1) is 11.8 Å². The number of halogens is 1. The lowest BCUT2D eigenvalue weighted by molar-refractivity contribution is 0.0913. The lowest BCUT2D eigenvalue weighted by Gasteiger charge is -2.03. The Morgan fingerprint density at radius 1 is 1.47 bits per heavy atom. The van der Waals surface area contributed by atoms with Gasteiger partial charge in [0.25, 0.3) is 11.7 Å². The molecule has 2 rings (SSSR count). The van der Waals surface area contributed by atoms with Crippen LogP contribution >= 0.6 is 0 Å². The quantitative estimate of drug-likeness (QED) is 0.806. The first-order valence-corrected chi connectivity index (χ1v) is 5.58. The molecule has 8 heteroatoms. The maximum Gasteiger partial charge on any atom is 0.293 e. The van der Waals surface area contributed by atoms with Crippen molar-refractivity contribution in [2.45, 2.75) is 13.0 Å². The molecule has 19 heavy (non-hydrogen) atoms. The normalized spacial score (nSPS) is 12.2. The van der Waals surface area contributed by atoms with Crippen LogP contribution in [0, 0.1) is 5.82 Å². The first-order chi connectivity index (χ1) is 9.06. The molecule has 1 amide bonds. The van der Waals surface area contributed by atoms with Gasteiger partial charge in [-0.15, -0.1) is 15.0 Å². The summed E-state index contributed by atoms with van der Waals surface area (Å²) in [5, 5.41) is 22.6. The van der Waals surface area contributed by atoms with Gasteiger partial charge in [0.2, 0.25) is 0 Å². The lowest BCUT2D eigenvalue weighted by atomic mass is 10.3. The minimum absolute atomic E-state index is 0.101. The summed E-state index contributed by atoms with van der Waals surface area (Å²) in [6.07, 6.45) is -0.656. The number of amides is 1. The zero-order chi connectivity index (χ0) is 13.8. The van der Waals surface area contributed by atoms with Gasteiger partial charge in [0.15, 0.2) is 0 Å².